The van der Waals surface area contributed by atoms with Crippen LogP contribution >= 0.6 is 11.6 Å². The van der Waals surface area contributed by atoms with Crippen LogP contribution in [0.4, 0.5) is 4.79 Å². The van der Waals surface area contributed by atoms with E-state index in [2.05, 4.69) is 20.8 Å². The maximum atomic E-state index is 13.4. The fraction of sp³-hybridized carbons (Fsp3) is 0.440. The molecule has 158 valence electrons. The third-order valence-electron chi connectivity index (χ3n) is 6.56. The molecule has 2 amide bonds. The zero-order valence-electron chi connectivity index (χ0n) is 17.7. The quantitative estimate of drug-likeness (QED) is 0.565. The normalized spacial score (nSPS) is 26.0. The van der Waals surface area contributed by atoms with E-state index in [0.29, 0.717) is 28.3 Å². The van der Waals surface area contributed by atoms with E-state index in [1.807, 2.05) is 30.3 Å². The minimum absolute atomic E-state index is 0.163. The maximum Gasteiger partial charge on any atom is 0.417 e. The number of rotatable bonds is 3. The summed E-state index contributed by atoms with van der Waals surface area (Å²) < 4.78 is 6.04. The highest BCUT2D eigenvalue weighted by Crippen LogP contribution is 2.41. The van der Waals surface area contributed by atoms with E-state index in [4.69, 9.17) is 16.3 Å². The van der Waals surface area contributed by atoms with Crippen molar-refractivity contribution < 1.29 is 14.3 Å². The minimum Gasteiger partial charge on any atom is -0.445 e. The Balaban J connectivity index is 1.66. The number of halogens is 1. The van der Waals surface area contributed by atoms with Gasteiger partial charge in [-0.1, -0.05) is 69.1 Å². The van der Waals surface area contributed by atoms with E-state index in [9.17, 15) is 9.59 Å². The standard InChI is InChI=1S/C25H28ClNO3/c1-15(2)19-13-8-16(3)14-22(19)30-25(29)27-23(17-9-11-18(26)12-10-17)20-6-4-5-7-21(20)24(27)28/h4-7,9-12,15-16,19,22-23H,8,13-14H2,1-3H3/t16-,19-,22+,23-/m1/s1. The van der Waals surface area contributed by atoms with Gasteiger partial charge in [-0.25, -0.2) is 9.69 Å². The molecule has 5 heteroatoms. The molecule has 1 aliphatic heterocycles. The lowest BCUT2D eigenvalue weighted by molar-refractivity contribution is -0.01000. The third kappa shape index (κ3) is 3.85. The molecule has 0 aromatic heterocycles. The van der Waals surface area contributed by atoms with Gasteiger partial charge in [-0.05, 0) is 59.9 Å². The van der Waals surface area contributed by atoms with Gasteiger partial charge in [-0.2, -0.15) is 0 Å². The van der Waals surface area contributed by atoms with E-state index < -0.39 is 12.1 Å². The number of amides is 2. The molecule has 1 heterocycles. The molecule has 0 bridgehead atoms. The molecule has 1 saturated carbocycles. The van der Waals surface area contributed by atoms with Gasteiger partial charge < -0.3 is 4.74 Å². The molecule has 30 heavy (non-hydrogen) atoms. The van der Waals surface area contributed by atoms with E-state index in [1.54, 1.807) is 18.2 Å². The summed E-state index contributed by atoms with van der Waals surface area (Å²) in [5.74, 6) is 0.949. The van der Waals surface area contributed by atoms with Crippen molar-refractivity contribution in [3.8, 4) is 0 Å². The largest absolute Gasteiger partial charge is 0.445 e. The fourth-order valence-corrected chi connectivity index (χ4v) is 5.04. The van der Waals surface area contributed by atoms with Crippen molar-refractivity contribution in [3.05, 3.63) is 70.2 Å². The van der Waals surface area contributed by atoms with Crippen LogP contribution in [0.3, 0.4) is 0 Å². The lowest BCUT2D eigenvalue weighted by Crippen LogP contribution is -2.42. The Morgan fingerprint density at radius 3 is 2.50 bits per heavy atom. The fourth-order valence-electron chi connectivity index (χ4n) is 4.91. The first kappa shape index (κ1) is 20.9. The topological polar surface area (TPSA) is 46.6 Å². The van der Waals surface area contributed by atoms with Crippen molar-refractivity contribution in [1.82, 2.24) is 4.90 Å². The SMILES string of the molecule is CC(C)[C@H]1CC[C@@H](C)C[C@@H]1OC(=O)N1C(=O)c2ccccc2[C@H]1c1ccc(Cl)cc1. The zero-order chi connectivity index (χ0) is 21.4. The first-order valence-electron chi connectivity index (χ1n) is 10.8. The summed E-state index contributed by atoms with van der Waals surface area (Å²) in [6, 6.07) is 14.2. The van der Waals surface area contributed by atoms with Crippen molar-refractivity contribution in [2.24, 2.45) is 17.8 Å². The van der Waals surface area contributed by atoms with Gasteiger partial charge in [0.1, 0.15) is 6.10 Å². The van der Waals surface area contributed by atoms with Gasteiger partial charge in [0, 0.05) is 10.6 Å². The van der Waals surface area contributed by atoms with Crippen molar-refractivity contribution in [1.29, 1.82) is 0 Å². The molecular weight excluding hydrogens is 398 g/mol. The van der Waals surface area contributed by atoms with E-state index in [1.165, 1.54) is 4.90 Å². The van der Waals surface area contributed by atoms with Gasteiger partial charge >= 0.3 is 6.09 Å². The van der Waals surface area contributed by atoms with E-state index >= 15 is 0 Å². The van der Waals surface area contributed by atoms with Gasteiger partial charge in [-0.15, -0.1) is 0 Å². The Kier molecular flexibility index (Phi) is 5.88. The molecule has 2 aromatic carbocycles. The highest BCUT2D eigenvalue weighted by atomic mass is 35.5. The molecule has 4 atom stereocenters. The van der Waals surface area contributed by atoms with Crippen LogP contribution in [-0.4, -0.2) is 23.0 Å². The summed E-state index contributed by atoms with van der Waals surface area (Å²) in [6.07, 6.45) is 2.32. The molecule has 0 N–H and O–H groups in total. The minimum atomic E-state index is -0.555. The lowest BCUT2D eigenvalue weighted by atomic mass is 9.75. The highest BCUT2D eigenvalue weighted by molar-refractivity contribution is 6.30. The summed E-state index contributed by atoms with van der Waals surface area (Å²) in [5, 5.41) is 0.612. The number of carbonyl (C=O) groups excluding carboxylic acids is 2. The number of benzene rings is 2. The van der Waals surface area contributed by atoms with Gasteiger partial charge in [0.05, 0.1) is 6.04 Å². The van der Waals surface area contributed by atoms with Crippen LogP contribution in [0.25, 0.3) is 0 Å². The number of fused-ring (bicyclic) bond motifs is 1. The molecule has 4 rings (SSSR count). The van der Waals surface area contributed by atoms with Gasteiger partial charge in [0.2, 0.25) is 0 Å². The Morgan fingerprint density at radius 1 is 1.10 bits per heavy atom. The van der Waals surface area contributed by atoms with Gasteiger partial charge in [0.15, 0.2) is 0 Å². The van der Waals surface area contributed by atoms with Crippen LogP contribution in [-0.2, 0) is 4.74 Å². The summed E-state index contributed by atoms with van der Waals surface area (Å²) in [7, 11) is 0. The summed E-state index contributed by atoms with van der Waals surface area (Å²) >= 11 is 6.06. The van der Waals surface area contributed by atoms with E-state index in [-0.39, 0.29) is 12.0 Å². The third-order valence-corrected chi connectivity index (χ3v) is 6.81. The van der Waals surface area contributed by atoms with Crippen LogP contribution in [0.15, 0.2) is 48.5 Å². The molecule has 0 unspecified atom stereocenters. The predicted octanol–water partition coefficient (Wildman–Crippen LogP) is 6.48. The van der Waals surface area contributed by atoms with Gasteiger partial charge in [-0.3, -0.25) is 4.79 Å². The molecule has 2 aromatic rings. The summed E-state index contributed by atoms with van der Waals surface area (Å²) in [4.78, 5) is 27.9. The molecule has 2 aliphatic rings. The molecule has 0 radical (unpaired) electrons. The van der Waals surface area contributed by atoms with Crippen LogP contribution < -0.4 is 0 Å². The highest BCUT2D eigenvalue weighted by Gasteiger charge is 2.44. The number of carbonyl (C=O) groups is 2. The van der Waals surface area contributed by atoms with Crippen molar-refractivity contribution >= 4 is 23.6 Å². The Morgan fingerprint density at radius 2 is 1.80 bits per heavy atom. The van der Waals surface area contributed by atoms with Crippen molar-refractivity contribution in [2.75, 3.05) is 0 Å². The van der Waals surface area contributed by atoms with Crippen molar-refractivity contribution in [3.63, 3.8) is 0 Å². The van der Waals surface area contributed by atoms with Crippen LogP contribution in [0.1, 0.15) is 67.6 Å². The number of hydrogen-bond donors (Lipinski definition) is 0. The lowest BCUT2D eigenvalue weighted by Gasteiger charge is -2.37. The average Bonchev–Trinajstić information content (AvgIpc) is 3.01. The predicted molar refractivity (Wildman–Crippen MR) is 118 cm³/mol. The average molecular weight is 426 g/mol. The van der Waals surface area contributed by atoms with Crippen molar-refractivity contribution in [2.45, 2.75) is 52.2 Å². The number of hydrogen-bond acceptors (Lipinski definition) is 3. The van der Waals surface area contributed by atoms with Gasteiger partial charge in [0.25, 0.3) is 5.91 Å². The number of nitrogens with zero attached hydrogens (tertiary/aromatic N) is 1. The Labute approximate surface area is 183 Å². The maximum absolute atomic E-state index is 13.4. The molecule has 0 saturated heterocycles. The first-order valence-corrected chi connectivity index (χ1v) is 11.1. The first-order chi connectivity index (χ1) is 14.4. The second-order valence-corrected chi connectivity index (χ2v) is 9.40. The Bertz CT molecular complexity index is 940. The second-order valence-electron chi connectivity index (χ2n) is 8.96. The molecule has 0 spiro atoms. The number of imide groups is 1. The van der Waals surface area contributed by atoms with Crippen LogP contribution in [0.5, 0.6) is 0 Å². The summed E-state index contributed by atoms with van der Waals surface area (Å²) in [6.45, 7) is 6.55. The number of ether oxygens (including phenoxy) is 1. The van der Waals surface area contributed by atoms with E-state index in [0.717, 1.165) is 30.4 Å². The van der Waals surface area contributed by atoms with Crippen LogP contribution in [0, 0.1) is 17.8 Å². The molecular formula is C25H28ClNO3. The summed E-state index contributed by atoms with van der Waals surface area (Å²) in [5.41, 5.74) is 2.21. The molecule has 1 fully saturated rings. The second kappa shape index (κ2) is 8.43. The Hall–Kier alpha value is -2.33. The zero-order valence-corrected chi connectivity index (χ0v) is 18.4. The molecule has 1 aliphatic carbocycles. The van der Waals surface area contributed by atoms with Crippen LogP contribution in [0.2, 0.25) is 5.02 Å². The smallest absolute Gasteiger partial charge is 0.417 e. The monoisotopic (exact) mass is 425 g/mol. The molecule has 4 nitrogen and oxygen atoms in total.